The van der Waals surface area contributed by atoms with E-state index >= 15 is 0 Å². The van der Waals surface area contributed by atoms with Gasteiger partial charge in [0.15, 0.2) is 0 Å². The van der Waals surface area contributed by atoms with Crippen molar-refractivity contribution >= 4 is 30.3 Å². The molecule has 0 spiro atoms. The van der Waals surface area contributed by atoms with E-state index in [1.54, 1.807) is 6.07 Å². The highest BCUT2D eigenvalue weighted by Crippen LogP contribution is 2.13. The molecule has 1 unspecified atom stereocenters. The smallest absolute Gasteiger partial charge is 0.252 e. The van der Waals surface area contributed by atoms with E-state index in [1.807, 2.05) is 36.9 Å². The second kappa shape index (κ2) is 7.67. The lowest BCUT2D eigenvalue weighted by Gasteiger charge is -2.14. The summed E-state index contributed by atoms with van der Waals surface area (Å²) in [5, 5.41) is 2.99. The number of benzene rings is 1. The number of hydrogen-bond donors (Lipinski definition) is 2. The maximum atomic E-state index is 11.9. The Bertz CT molecular complexity index is 368. The molecule has 0 radical (unpaired) electrons. The summed E-state index contributed by atoms with van der Waals surface area (Å²) in [6.07, 6.45) is 0.999. The Hall–Kier alpha value is -0.610. The molecule has 1 N–H and O–H groups in total. The summed E-state index contributed by atoms with van der Waals surface area (Å²) in [6.45, 7) is 4.18. The van der Waals surface area contributed by atoms with Crippen molar-refractivity contribution in [3.05, 3.63) is 29.8 Å². The quantitative estimate of drug-likeness (QED) is 0.613. The molecule has 0 aromatic heterocycles. The fourth-order valence-corrected chi connectivity index (χ4v) is 2.51. The van der Waals surface area contributed by atoms with Crippen molar-refractivity contribution in [2.75, 3.05) is 11.5 Å². The number of thioether (sulfide) groups is 1. The average Bonchev–Trinajstić information content (AvgIpc) is 2.29. The van der Waals surface area contributed by atoms with Gasteiger partial charge < -0.3 is 5.32 Å². The summed E-state index contributed by atoms with van der Waals surface area (Å²) >= 11 is 6.18. The predicted octanol–water partition coefficient (Wildman–Crippen LogP) is 3.24. The van der Waals surface area contributed by atoms with E-state index in [-0.39, 0.29) is 11.9 Å². The van der Waals surface area contributed by atoms with Crippen LogP contribution < -0.4 is 5.32 Å². The van der Waals surface area contributed by atoms with Crippen LogP contribution in [-0.2, 0) is 0 Å². The molecule has 1 amide bonds. The van der Waals surface area contributed by atoms with Gasteiger partial charge in [0.1, 0.15) is 0 Å². The molecule has 1 rings (SSSR count). The molecule has 17 heavy (non-hydrogen) atoms. The number of nitrogens with one attached hydrogen (secondary N) is 1. The highest BCUT2D eigenvalue weighted by atomic mass is 32.2. The molecule has 0 aliphatic rings. The minimum Gasteiger partial charge on any atom is -0.350 e. The van der Waals surface area contributed by atoms with Gasteiger partial charge in [-0.25, -0.2) is 0 Å². The molecule has 4 heteroatoms. The molecule has 0 saturated carbocycles. The van der Waals surface area contributed by atoms with Gasteiger partial charge in [0, 0.05) is 10.9 Å². The van der Waals surface area contributed by atoms with Crippen molar-refractivity contribution in [1.82, 2.24) is 5.32 Å². The first-order chi connectivity index (χ1) is 8.15. The number of rotatable bonds is 6. The Labute approximate surface area is 113 Å². The minimum atomic E-state index is -0.0374. The summed E-state index contributed by atoms with van der Waals surface area (Å²) in [5.74, 6) is 2.17. The van der Waals surface area contributed by atoms with Crippen LogP contribution in [0.4, 0.5) is 0 Å². The van der Waals surface area contributed by atoms with Gasteiger partial charge in [0.05, 0.1) is 5.56 Å². The van der Waals surface area contributed by atoms with Crippen LogP contribution in [0.3, 0.4) is 0 Å². The first kappa shape index (κ1) is 14.5. The highest BCUT2D eigenvalue weighted by Gasteiger charge is 2.11. The number of carbonyl (C=O) groups excluding carboxylic acids is 1. The van der Waals surface area contributed by atoms with Crippen LogP contribution in [0.1, 0.15) is 30.6 Å². The number of thiol groups is 1. The molecule has 0 aliphatic carbocycles. The Morgan fingerprint density at radius 3 is 2.82 bits per heavy atom. The summed E-state index contributed by atoms with van der Waals surface area (Å²) in [7, 11) is 0. The third kappa shape index (κ3) is 5.04. The van der Waals surface area contributed by atoms with Crippen molar-refractivity contribution in [3.63, 3.8) is 0 Å². The molecule has 0 bridgehead atoms. The van der Waals surface area contributed by atoms with Gasteiger partial charge in [-0.2, -0.15) is 11.8 Å². The zero-order valence-corrected chi connectivity index (χ0v) is 12.0. The first-order valence-electron chi connectivity index (χ1n) is 5.81. The molecular formula is C13H19NOS2. The maximum Gasteiger partial charge on any atom is 0.252 e. The van der Waals surface area contributed by atoms with E-state index in [0.717, 1.165) is 22.8 Å². The molecule has 1 atom stereocenters. The summed E-state index contributed by atoms with van der Waals surface area (Å²) in [4.78, 5) is 12.7. The largest absolute Gasteiger partial charge is 0.350 e. The van der Waals surface area contributed by atoms with Gasteiger partial charge in [-0.3, -0.25) is 4.79 Å². The first-order valence-corrected chi connectivity index (χ1v) is 7.42. The second-order valence-corrected chi connectivity index (χ2v) is 5.75. The van der Waals surface area contributed by atoms with Gasteiger partial charge in [0.2, 0.25) is 0 Å². The van der Waals surface area contributed by atoms with Crippen LogP contribution >= 0.6 is 24.4 Å². The third-order valence-electron chi connectivity index (χ3n) is 2.43. The van der Waals surface area contributed by atoms with E-state index in [1.165, 1.54) is 0 Å². The second-order valence-electron chi connectivity index (χ2n) is 3.88. The molecule has 0 aliphatic heterocycles. The fraction of sp³-hybridized carbons (Fsp3) is 0.462. The normalized spacial score (nSPS) is 12.2. The van der Waals surface area contributed by atoms with Crippen LogP contribution in [0.25, 0.3) is 0 Å². The van der Waals surface area contributed by atoms with Crippen LogP contribution in [-0.4, -0.2) is 23.5 Å². The van der Waals surface area contributed by atoms with Gasteiger partial charge in [-0.05, 0) is 37.0 Å². The monoisotopic (exact) mass is 269 g/mol. The molecule has 0 heterocycles. The fourth-order valence-electron chi connectivity index (χ4n) is 1.44. The Morgan fingerprint density at radius 1 is 1.47 bits per heavy atom. The van der Waals surface area contributed by atoms with Crippen molar-refractivity contribution in [1.29, 1.82) is 0 Å². The van der Waals surface area contributed by atoms with Gasteiger partial charge >= 0.3 is 0 Å². The Balaban J connectivity index is 2.46. The lowest BCUT2D eigenvalue weighted by molar-refractivity contribution is 0.0936. The standard InChI is InChI=1S/C13H19NOS2/c1-3-17-9-8-10(2)14-13(15)11-6-4-5-7-12(11)16/h4-7,10,16H,3,8-9H2,1-2H3,(H,14,15). The summed E-state index contributed by atoms with van der Waals surface area (Å²) in [6, 6.07) is 7.56. The zero-order chi connectivity index (χ0) is 12.7. The molecule has 0 fully saturated rings. The van der Waals surface area contributed by atoms with Crippen molar-refractivity contribution in [2.45, 2.75) is 31.2 Å². The van der Waals surface area contributed by atoms with Gasteiger partial charge in [0.25, 0.3) is 5.91 Å². The summed E-state index contributed by atoms with van der Waals surface area (Å²) in [5.41, 5.74) is 0.644. The van der Waals surface area contributed by atoms with Crippen LogP contribution in [0, 0.1) is 0 Å². The zero-order valence-electron chi connectivity index (χ0n) is 10.3. The SMILES string of the molecule is CCSCCC(C)NC(=O)c1ccccc1S. The van der Waals surface area contributed by atoms with Gasteiger partial charge in [-0.1, -0.05) is 19.1 Å². The maximum absolute atomic E-state index is 11.9. The third-order valence-corrected chi connectivity index (χ3v) is 3.75. The minimum absolute atomic E-state index is 0.0374. The van der Waals surface area contributed by atoms with E-state index in [9.17, 15) is 4.79 Å². The van der Waals surface area contributed by atoms with E-state index in [2.05, 4.69) is 24.9 Å². The highest BCUT2D eigenvalue weighted by molar-refractivity contribution is 7.99. The van der Waals surface area contributed by atoms with E-state index in [4.69, 9.17) is 0 Å². The topological polar surface area (TPSA) is 29.1 Å². The average molecular weight is 269 g/mol. The van der Waals surface area contributed by atoms with Crippen molar-refractivity contribution < 1.29 is 4.79 Å². The predicted molar refractivity (Wildman–Crippen MR) is 78.2 cm³/mol. The molecule has 0 saturated heterocycles. The lowest BCUT2D eigenvalue weighted by Crippen LogP contribution is -2.33. The lowest BCUT2D eigenvalue weighted by atomic mass is 10.2. The number of carbonyl (C=O) groups is 1. The van der Waals surface area contributed by atoms with E-state index in [0.29, 0.717) is 5.56 Å². The van der Waals surface area contributed by atoms with Crippen molar-refractivity contribution in [2.24, 2.45) is 0 Å². The van der Waals surface area contributed by atoms with E-state index < -0.39 is 0 Å². The van der Waals surface area contributed by atoms with Gasteiger partial charge in [-0.15, -0.1) is 12.6 Å². The Morgan fingerprint density at radius 2 is 2.18 bits per heavy atom. The summed E-state index contributed by atoms with van der Waals surface area (Å²) < 4.78 is 0. The van der Waals surface area contributed by atoms with Crippen molar-refractivity contribution in [3.8, 4) is 0 Å². The molecule has 94 valence electrons. The van der Waals surface area contributed by atoms with Crippen LogP contribution in [0.5, 0.6) is 0 Å². The molecule has 1 aromatic rings. The van der Waals surface area contributed by atoms with Crippen LogP contribution in [0.2, 0.25) is 0 Å². The molecule has 2 nitrogen and oxygen atoms in total. The number of amides is 1. The van der Waals surface area contributed by atoms with Crippen LogP contribution in [0.15, 0.2) is 29.2 Å². The number of hydrogen-bond acceptors (Lipinski definition) is 3. The molecule has 1 aromatic carbocycles. The molecular weight excluding hydrogens is 250 g/mol. The Kier molecular flexibility index (Phi) is 6.52.